The maximum atomic E-state index is 11.9. The van der Waals surface area contributed by atoms with Gasteiger partial charge in [-0.05, 0) is 43.4 Å². The summed E-state index contributed by atoms with van der Waals surface area (Å²) >= 11 is 5.07. The Morgan fingerprint density at radius 3 is 2.60 bits per heavy atom. The Balaban J connectivity index is 2.01. The molecule has 0 aliphatic heterocycles. The standard InChI is InChI=1S/C14H12BN3OS/c1-9-7-11(15)8-12(16-9)17-14(20)18-13(19)10-5-3-2-4-6-10/h2-8H,1H3,(H2,16,17,18,19,20). The number of nitrogens with zero attached hydrogens (tertiary/aromatic N) is 1. The van der Waals surface area contributed by atoms with Gasteiger partial charge in [-0.2, -0.15) is 0 Å². The number of aryl methyl sites for hydroxylation is 1. The van der Waals surface area contributed by atoms with Crippen molar-refractivity contribution in [3.05, 3.63) is 53.7 Å². The van der Waals surface area contributed by atoms with E-state index in [1.807, 2.05) is 13.0 Å². The first-order chi connectivity index (χ1) is 9.54. The van der Waals surface area contributed by atoms with Crippen LogP contribution in [0.2, 0.25) is 0 Å². The van der Waals surface area contributed by atoms with Crippen LogP contribution in [0.5, 0.6) is 0 Å². The highest BCUT2D eigenvalue weighted by molar-refractivity contribution is 7.80. The Morgan fingerprint density at radius 2 is 1.95 bits per heavy atom. The largest absolute Gasteiger partial charge is 0.317 e. The number of nitrogens with one attached hydrogen (secondary N) is 2. The topological polar surface area (TPSA) is 54.0 Å². The first-order valence-electron chi connectivity index (χ1n) is 5.96. The number of carbonyl (C=O) groups excluding carboxylic acids is 1. The molecule has 0 aliphatic carbocycles. The van der Waals surface area contributed by atoms with E-state index in [1.165, 1.54) is 0 Å². The second kappa shape index (κ2) is 6.30. The normalized spacial score (nSPS) is 9.85. The highest BCUT2D eigenvalue weighted by Gasteiger charge is 2.07. The van der Waals surface area contributed by atoms with E-state index < -0.39 is 0 Å². The zero-order valence-corrected chi connectivity index (χ0v) is 11.7. The molecule has 1 heterocycles. The number of hydrogen-bond acceptors (Lipinski definition) is 3. The fraction of sp³-hybridized carbons (Fsp3) is 0.0714. The van der Waals surface area contributed by atoms with E-state index in [2.05, 4.69) is 15.6 Å². The van der Waals surface area contributed by atoms with E-state index in [0.29, 0.717) is 16.8 Å². The van der Waals surface area contributed by atoms with Crippen molar-refractivity contribution in [3.63, 3.8) is 0 Å². The zero-order valence-electron chi connectivity index (χ0n) is 10.9. The molecule has 0 saturated heterocycles. The smallest absolute Gasteiger partial charge is 0.257 e. The van der Waals surface area contributed by atoms with Crippen LogP contribution in [0.4, 0.5) is 5.82 Å². The number of carbonyl (C=O) groups is 1. The second-order valence-electron chi connectivity index (χ2n) is 4.20. The zero-order chi connectivity index (χ0) is 14.5. The predicted octanol–water partition coefficient (Wildman–Crippen LogP) is 1.31. The molecule has 1 aromatic heterocycles. The molecule has 0 spiro atoms. The van der Waals surface area contributed by atoms with Crippen LogP contribution in [0, 0.1) is 6.92 Å². The summed E-state index contributed by atoms with van der Waals surface area (Å²) in [6.45, 7) is 1.83. The summed E-state index contributed by atoms with van der Waals surface area (Å²) in [6, 6.07) is 12.2. The Kier molecular flexibility index (Phi) is 4.47. The van der Waals surface area contributed by atoms with Crippen molar-refractivity contribution in [2.75, 3.05) is 5.32 Å². The number of aromatic nitrogens is 1. The maximum Gasteiger partial charge on any atom is 0.257 e. The summed E-state index contributed by atoms with van der Waals surface area (Å²) < 4.78 is 0. The molecule has 2 rings (SSSR count). The van der Waals surface area contributed by atoms with Gasteiger partial charge in [-0.15, -0.1) is 0 Å². The van der Waals surface area contributed by atoms with E-state index in [1.54, 1.807) is 36.4 Å². The van der Waals surface area contributed by atoms with Crippen molar-refractivity contribution in [2.24, 2.45) is 0 Å². The van der Waals surface area contributed by atoms with Gasteiger partial charge in [-0.3, -0.25) is 10.1 Å². The van der Waals surface area contributed by atoms with Crippen LogP contribution >= 0.6 is 12.2 Å². The third-order valence-electron chi connectivity index (χ3n) is 2.48. The molecule has 0 bridgehead atoms. The van der Waals surface area contributed by atoms with E-state index in [9.17, 15) is 4.79 Å². The number of amides is 1. The highest BCUT2D eigenvalue weighted by Crippen LogP contribution is 2.02. The maximum absolute atomic E-state index is 11.9. The Bertz CT molecular complexity index is 626. The SMILES string of the molecule is [B]c1cc(C)nc(NC(=S)NC(=O)c2ccccc2)c1. The molecule has 0 fully saturated rings. The van der Waals surface area contributed by atoms with Gasteiger partial charge >= 0.3 is 0 Å². The summed E-state index contributed by atoms with van der Waals surface area (Å²) in [5.41, 5.74) is 1.88. The van der Waals surface area contributed by atoms with Gasteiger partial charge in [0, 0.05) is 11.3 Å². The number of thiocarbonyl (C=S) groups is 1. The Morgan fingerprint density at radius 1 is 1.25 bits per heavy atom. The van der Waals surface area contributed by atoms with Crippen LogP contribution in [0.25, 0.3) is 0 Å². The fourth-order valence-corrected chi connectivity index (χ4v) is 1.87. The summed E-state index contributed by atoms with van der Waals surface area (Å²) in [6.07, 6.45) is 0. The average molecular weight is 281 g/mol. The minimum atomic E-state index is -0.274. The molecular weight excluding hydrogens is 269 g/mol. The van der Waals surface area contributed by atoms with Gasteiger partial charge in [0.2, 0.25) is 0 Å². The van der Waals surface area contributed by atoms with E-state index >= 15 is 0 Å². The number of benzene rings is 1. The van der Waals surface area contributed by atoms with Crippen molar-refractivity contribution in [1.82, 2.24) is 10.3 Å². The Labute approximate surface area is 124 Å². The van der Waals surface area contributed by atoms with Crippen LogP contribution in [0.3, 0.4) is 0 Å². The number of pyridine rings is 1. The number of anilines is 1. The highest BCUT2D eigenvalue weighted by atomic mass is 32.1. The lowest BCUT2D eigenvalue weighted by Crippen LogP contribution is -2.34. The second-order valence-corrected chi connectivity index (χ2v) is 4.61. The lowest BCUT2D eigenvalue weighted by molar-refractivity contribution is 0.0978. The molecule has 2 aromatic rings. The van der Waals surface area contributed by atoms with Gasteiger partial charge in [0.15, 0.2) is 5.11 Å². The summed E-state index contributed by atoms with van der Waals surface area (Å²) in [5, 5.41) is 5.59. The quantitative estimate of drug-likeness (QED) is 0.644. The minimum absolute atomic E-state index is 0.177. The first kappa shape index (κ1) is 14.2. The van der Waals surface area contributed by atoms with Gasteiger partial charge in [0.05, 0.1) is 0 Å². The molecule has 4 nitrogen and oxygen atoms in total. The molecule has 1 aromatic carbocycles. The van der Waals surface area contributed by atoms with Crippen molar-refractivity contribution in [3.8, 4) is 0 Å². The van der Waals surface area contributed by atoms with Crippen LogP contribution in [0.1, 0.15) is 16.1 Å². The molecule has 0 unspecified atom stereocenters. The molecule has 1 amide bonds. The van der Waals surface area contributed by atoms with Gasteiger partial charge < -0.3 is 5.32 Å². The minimum Gasteiger partial charge on any atom is -0.317 e. The van der Waals surface area contributed by atoms with Crippen LogP contribution in [0.15, 0.2) is 42.5 Å². The lowest BCUT2D eigenvalue weighted by atomic mass is 9.97. The third-order valence-corrected chi connectivity index (χ3v) is 2.68. The van der Waals surface area contributed by atoms with E-state index in [0.717, 1.165) is 5.69 Å². The first-order valence-corrected chi connectivity index (χ1v) is 6.37. The molecule has 6 heteroatoms. The lowest BCUT2D eigenvalue weighted by Gasteiger charge is -2.10. The number of rotatable bonds is 2. The molecule has 0 atom stereocenters. The molecule has 2 radical (unpaired) electrons. The van der Waals surface area contributed by atoms with Gasteiger partial charge in [-0.1, -0.05) is 23.7 Å². The van der Waals surface area contributed by atoms with Crippen LogP contribution in [-0.4, -0.2) is 23.8 Å². The molecule has 0 aliphatic rings. The third kappa shape index (κ3) is 3.89. The monoisotopic (exact) mass is 281 g/mol. The summed E-state index contributed by atoms with van der Waals surface area (Å²) in [5.74, 6) is 0.226. The van der Waals surface area contributed by atoms with Crippen molar-refractivity contribution in [1.29, 1.82) is 0 Å². The van der Waals surface area contributed by atoms with Crippen LogP contribution < -0.4 is 16.1 Å². The summed E-state index contributed by atoms with van der Waals surface area (Å²) in [7, 11) is 5.72. The molecule has 98 valence electrons. The van der Waals surface area contributed by atoms with E-state index in [-0.39, 0.29) is 11.0 Å². The molecule has 2 N–H and O–H groups in total. The van der Waals surface area contributed by atoms with Crippen LogP contribution in [-0.2, 0) is 0 Å². The predicted molar refractivity (Wildman–Crippen MR) is 84.5 cm³/mol. The van der Waals surface area contributed by atoms with Gasteiger partial charge in [-0.25, -0.2) is 4.98 Å². The Hall–Kier alpha value is -2.21. The van der Waals surface area contributed by atoms with Crippen molar-refractivity contribution < 1.29 is 4.79 Å². The molecular formula is C14H12BN3OS. The molecule has 20 heavy (non-hydrogen) atoms. The fourth-order valence-electron chi connectivity index (χ4n) is 1.67. The average Bonchev–Trinajstić information content (AvgIpc) is 2.38. The van der Waals surface area contributed by atoms with Gasteiger partial charge in [0.1, 0.15) is 13.7 Å². The molecule has 0 saturated carbocycles. The van der Waals surface area contributed by atoms with Crippen molar-refractivity contribution >= 4 is 42.4 Å². The number of hydrogen-bond donors (Lipinski definition) is 2. The van der Waals surface area contributed by atoms with E-state index in [4.69, 9.17) is 20.1 Å². The van der Waals surface area contributed by atoms with Gasteiger partial charge in [0.25, 0.3) is 5.91 Å². The summed E-state index contributed by atoms with van der Waals surface area (Å²) in [4.78, 5) is 16.1. The van der Waals surface area contributed by atoms with Crippen molar-refractivity contribution in [2.45, 2.75) is 6.92 Å².